The summed E-state index contributed by atoms with van der Waals surface area (Å²) in [6, 6.07) is 8.73. The number of nitrogens with one attached hydrogen (secondary N) is 1. The van der Waals surface area contributed by atoms with E-state index in [1.54, 1.807) is 0 Å². The summed E-state index contributed by atoms with van der Waals surface area (Å²) in [6.45, 7) is 14.0. The van der Waals surface area contributed by atoms with E-state index in [2.05, 4.69) is 64.2 Å². The smallest absolute Gasteiger partial charge is 0.0518 e. The standard InChI is InChI=1S/C19H33NO/c1-15(2)13-20-14-18(10-11-21-16(3)4)12-19-9-7-6-8-17(19)5/h6-9,15-16,18,20H,10-14H2,1-5H3. The van der Waals surface area contributed by atoms with Crippen molar-refractivity contribution in [3.63, 3.8) is 0 Å². The molecule has 21 heavy (non-hydrogen) atoms. The zero-order chi connectivity index (χ0) is 15.7. The molecule has 1 rings (SSSR count). The van der Waals surface area contributed by atoms with Gasteiger partial charge in [-0.3, -0.25) is 0 Å². The fourth-order valence-electron chi connectivity index (χ4n) is 2.47. The molecule has 0 radical (unpaired) electrons. The minimum absolute atomic E-state index is 0.327. The molecular weight excluding hydrogens is 258 g/mol. The van der Waals surface area contributed by atoms with Gasteiger partial charge in [0, 0.05) is 6.61 Å². The van der Waals surface area contributed by atoms with Gasteiger partial charge in [0.25, 0.3) is 0 Å². The Morgan fingerprint density at radius 3 is 2.38 bits per heavy atom. The molecule has 0 aliphatic heterocycles. The first kappa shape index (κ1) is 18.2. The van der Waals surface area contributed by atoms with Gasteiger partial charge in [-0.25, -0.2) is 0 Å². The molecule has 0 fully saturated rings. The Hall–Kier alpha value is -0.860. The summed E-state index contributed by atoms with van der Waals surface area (Å²) in [5.74, 6) is 1.35. The van der Waals surface area contributed by atoms with E-state index in [1.165, 1.54) is 11.1 Å². The summed E-state index contributed by atoms with van der Waals surface area (Å²) in [7, 11) is 0. The van der Waals surface area contributed by atoms with Crippen LogP contribution in [0.2, 0.25) is 0 Å². The van der Waals surface area contributed by atoms with Crippen LogP contribution in [0.3, 0.4) is 0 Å². The Balaban J connectivity index is 2.51. The molecule has 0 aromatic heterocycles. The molecule has 2 heteroatoms. The Kier molecular flexibility index (Phi) is 8.63. The van der Waals surface area contributed by atoms with E-state index >= 15 is 0 Å². The molecule has 0 aliphatic rings. The summed E-state index contributed by atoms with van der Waals surface area (Å²) in [6.07, 6.45) is 2.59. The van der Waals surface area contributed by atoms with Crippen molar-refractivity contribution < 1.29 is 4.74 Å². The van der Waals surface area contributed by atoms with Gasteiger partial charge in [-0.05, 0) is 69.7 Å². The summed E-state index contributed by atoms with van der Waals surface area (Å²) >= 11 is 0. The lowest BCUT2D eigenvalue weighted by Crippen LogP contribution is -2.28. The lowest BCUT2D eigenvalue weighted by Gasteiger charge is -2.20. The van der Waals surface area contributed by atoms with Gasteiger partial charge in [0.1, 0.15) is 0 Å². The molecule has 0 saturated heterocycles. The first-order chi connectivity index (χ1) is 9.99. The normalized spacial score (nSPS) is 13.1. The van der Waals surface area contributed by atoms with E-state index in [0.29, 0.717) is 17.9 Å². The third-order valence-corrected chi connectivity index (χ3v) is 3.73. The number of ether oxygens (including phenoxy) is 1. The number of hydrogen-bond acceptors (Lipinski definition) is 2. The minimum atomic E-state index is 0.327. The fourth-order valence-corrected chi connectivity index (χ4v) is 2.47. The molecule has 1 unspecified atom stereocenters. The monoisotopic (exact) mass is 291 g/mol. The molecular formula is C19H33NO. The third kappa shape index (κ3) is 8.23. The van der Waals surface area contributed by atoms with Crippen molar-refractivity contribution in [2.45, 2.75) is 53.6 Å². The van der Waals surface area contributed by atoms with Crippen LogP contribution in [0.5, 0.6) is 0 Å². The first-order valence-corrected chi connectivity index (χ1v) is 8.35. The van der Waals surface area contributed by atoms with Crippen molar-refractivity contribution in [3.8, 4) is 0 Å². The maximum atomic E-state index is 5.74. The van der Waals surface area contributed by atoms with Crippen molar-refractivity contribution in [3.05, 3.63) is 35.4 Å². The van der Waals surface area contributed by atoms with E-state index in [0.717, 1.165) is 32.5 Å². The summed E-state index contributed by atoms with van der Waals surface area (Å²) in [5.41, 5.74) is 2.87. The van der Waals surface area contributed by atoms with Crippen molar-refractivity contribution in [1.82, 2.24) is 5.32 Å². The highest BCUT2D eigenvalue weighted by atomic mass is 16.5. The van der Waals surface area contributed by atoms with Crippen LogP contribution < -0.4 is 5.32 Å². The van der Waals surface area contributed by atoms with Crippen LogP contribution in [0, 0.1) is 18.8 Å². The molecule has 1 aromatic rings. The van der Waals surface area contributed by atoms with Gasteiger partial charge in [-0.2, -0.15) is 0 Å². The van der Waals surface area contributed by atoms with Gasteiger partial charge < -0.3 is 10.1 Å². The Morgan fingerprint density at radius 1 is 1.05 bits per heavy atom. The quantitative estimate of drug-likeness (QED) is 0.697. The Bertz CT molecular complexity index is 373. The van der Waals surface area contributed by atoms with Gasteiger partial charge in [-0.15, -0.1) is 0 Å². The highest BCUT2D eigenvalue weighted by Gasteiger charge is 2.12. The van der Waals surface area contributed by atoms with E-state index in [1.807, 2.05) is 0 Å². The van der Waals surface area contributed by atoms with Crippen LogP contribution in [0.4, 0.5) is 0 Å². The summed E-state index contributed by atoms with van der Waals surface area (Å²) < 4.78 is 5.74. The molecule has 120 valence electrons. The molecule has 1 aromatic carbocycles. The molecule has 1 N–H and O–H groups in total. The lowest BCUT2D eigenvalue weighted by atomic mass is 9.93. The van der Waals surface area contributed by atoms with Gasteiger partial charge in [0.2, 0.25) is 0 Å². The van der Waals surface area contributed by atoms with E-state index in [4.69, 9.17) is 4.74 Å². The molecule has 0 heterocycles. The van der Waals surface area contributed by atoms with E-state index in [-0.39, 0.29) is 0 Å². The van der Waals surface area contributed by atoms with Crippen LogP contribution in [-0.4, -0.2) is 25.8 Å². The Morgan fingerprint density at radius 2 is 1.76 bits per heavy atom. The average Bonchev–Trinajstić information content (AvgIpc) is 2.40. The largest absolute Gasteiger partial charge is 0.379 e. The second-order valence-electron chi connectivity index (χ2n) is 6.76. The van der Waals surface area contributed by atoms with Crippen LogP contribution in [0.15, 0.2) is 24.3 Å². The molecule has 0 amide bonds. The predicted molar refractivity (Wildman–Crippen MR) is 91.8 cm³/mol. The van der Waals surface area contributed by atoms with Crippen molar-refractivity contribution >= 4 is 0 Å². The van der Waals surface area contributed by atoms with Gasteiger partial charge in [0.05, 0.1) is 6.10 Å². The molecule has 0 bridgehead atoms. The zero-order valence-electron chi connectivity index (χ0n) is 14.5. The van der Waals surface area contributed by atoms with Crippen molar-refractivity contribution in [2.75, 3.05) is 19.7 Å². The lowest BCUT2D eigenvalue weighted by molar-refractivity contribution is 0.0682. The van der Waals surface area contributed by atoms with Crippen LogP contribution in [0.1, 0.15) is 45.2 Å². The third-order valence-electron chi connectivity index (χ3n) is 3.73. The van der Waals surface area contributed by atoms with Crippen LogP contribution in [0.25, 0.3) is 0 Å². The fraction of sp³-hybridized carbons (Fsp3) is 0.684. The topological polar surface area (TPSA) is 21.3 Å². The van der Waals surface area contributed by atoms with Crippen LogP contribution in [-0.2, 0) is 11.2 Å². The summed E-state index contributed by atoms with van der Waals surface area (Å²) in [5, 5.41) is 3.61. The first-order valence-electron chi connectivity index (χ1n) is 8.35. The molecule has 0 spiro atoms. The van der Waals surface area contributed by atoms with E-state index < -0.39 is 0 Å². The number of benzene rings is 1. The van der Waals surface area contributed by atoms with Gasteiger partial charge in [0.15, 0.2) is 0 Å². The SMILES string of the molecule is Cc1ccccc1CC(CCOC(C)C)CNCC(C)C. The second-order valence-corrected chi connectivity index (χ2v) is 6.76. The Labute approximate surface area is 131 Å². The number of hydrogen-bond donors (Lipinski definition) is 1. The minimum Gasteiger partial charge on any atom is -0.379 e. The van der Waals surface area contributed by atoms with E-state index in [9.17, 15) is 0 Å². The van der Waals surface area contributed by atoms with Crippen molar-refractivity contribution in [2.24, 2.45) is 11.8 Å². The second kappa shape index (κ2) is 9.97. The zero-order valence-corrected chi connectivity index (χ0v) is 14.5. The maximum absolute atomic E-state index is 5.74. The summed E-state index contributed by atoms with van der Waals surface area (Å²) in [4.78, 5) is 0. The number of aryl methyl sites for hydroxylation is 1. The predicted octanol–water partition coefficient (Wildman–Crippen LogP) is 4.21. The number of rotatable bonds is 10. The van der Waals surface area contributed by atoms with Crippen molar-refractivity contribution in [1.29, 1.82) is 0 Å². The molecule has 1 atom stereocenters. The highest BCUT2D eigenvalue weighted by molar-refractivity contribution is 5.25. The van der Waals surface area contributed by atoms with Gasteiger partial charge in [-0.1, -0.05) is 38.1 Å². The maximum Gasteiger partial charge on any atom is 0.0518 e. The molecule has 2 nitrogen and oxygen atoms in total. The van der Waals surface area contributed by atoms with Gasteiger partial charge >= 0.3 is 0 Å². The highest BCUT2D eigenvalue weighted by Crippen LogP contribution is 2.16. The average molecular weight is 291 g/mol. The van der Waals surface area contributed by atoms with Crippen LogP contribution >= 0.6 is 0 Å². The molecule has 0 aliphatic carbocycles. The molecule has 0 saturated carbocycles.